The van der Waals surface area contributed by atoms with Crippen molar-refractivity contribution in [1.82, 2.24) is 14.6 Å². The minimum Gasteiger partial charge on any atom is -0.369 e. The van der Waals surface area contributed by atoms with Crippen molar-refractivity contribution in [1.29, 1.82) is 0 Å². The van der Waals surface area contributed by atoms with Crippen LogP contribution in [0.5, 0.6) is 0 Å². The number of amides is 1. The number of piperazine rings is 1. The molecular formula is C31H33Cl2FN4O3S. The Balaban J connectivity index is 1.21. The fourth-order valence-corrected chi connectivity index (χ4v) is 6.75. The van der Waals surface area contributed by atoms with Gasteiger partial charge in [-0.15, -0.1) is 0 Å². The molecule has 2 aromatic carbocycles. The Hall–Kier alpha value is -2.98. The fraction of sp³-hybridized carbons (Fsp3) is 0.355. The third kappa shape index (κ3) is 7.14. The van der Waals surface area contributed by atoms with Crippen LogP contribution in [-0.4, -0.2) is 56.9 Å². The number of carbonyl (C=O) groups is 1. The van der Waals surface area contributed by atoms with Crippen LogP contribution < -0.4 is 9.62 Å². The van der Waals surface area contributed by atoms with Gasteiger partial charge in [-0.1, -0.05) is 54.8 Å². The van der Waals surface area contributed by atoms with Crippen LogP contribution in [0.15, 0.2) is 71.1 Å². The molecule has 1 aliphatic heterocycles. The van der Waals surface area contributed by atoms with Crippen molar-refractivity contribution in [2.24, 2.45) is 5.41 Å². The number of aromatic nitrogens is 1. The molecule has 2 heterocycles. The zero-order valence-electron chi connectivity index (χ0n) is 23.5. The molecule has 11 heteroatoms. The quantitative estimate of drug-likeness (QED) is 0.303. The molecule has 3 aromatic rings. The summed E-state index contributed by atoms with van der Waals surface area (Å²) in [5, 5.41) is 0.237. The van der Waals surface area contributed by atoms with Gasteiger partial charge in [0.05, 0.1) is 4.90 Å². The number of allylic oxidation sites excluding steroid dienone is 1. The molecule has 0 radical (unpaired) electrons. The number of hydrogen-bond acceptors (Lipinski definition) is 6. The molecule has 1 aliphatic carbocycles. The van der Waals surface area contributed by atoms with E-state index >= 15 is 0 Å². The smallest absolute Gasteiger partial charge is 0.283 e. The maximum Gasteiger partial charge on any atom is 0.283 e. The van der Waals surface area contributed by atoms with E-state index in [1.54, 1.807) is 12.1 Å². The number of halogens is 3. The summed E-state index contributed by atoms with van der Waals surface area (Å²) in [4.78, 5) is 20.6. The minimum absolute atomic E-state index is 0.0617. The predicted octanol–water partition coefficient (Wildman–Crippen LogP) is 6.43. The third-order valence-electron chi connectivity index (χ3n) is 7.94. The van der Waals surface area contributed by atoms with Crippen molar-refractivity contribution < 1.29 is 17.6 Å². The van der Waals surface area contributed by atoms with Crippen molar-refractivity contribution in [2.75, 3.05) is 37.6 Å². The zero-order valence-corrected chi connectivity index (χ0v) is 25.9. The van der Waals surface area contributed by atoms with E-state index in [0.717, 1.165) is 68.4 Å². The molecule has 1 saturated heterocycles. The lowest BCUT2D eigenvalue weighted by atomic mass is 9.72. The van der Waals surface area contributed by atoms with E-state index in [1.807, 2.05) is 16.9 Å². The first kappa shape index (κ1) is 30.5. The van der Waals surface area contributed by atoms with Gasteiger partial charge in [-0.25, -0.2) is 22.5 Å². The number of anilines is 1. The number of rotatable bonds is 7. The lowest BCUT2D eigenvalue weighted by molar-refractivity contribution is 0.0976. The molecule has 0 spiro atoms. The first-order chi connectivity index (χ1) is 19.9. The fourth-order valence-electron chi connectivity index (χ4n) is 5.51. The van der Waals surface area contributed by atoms with Crippen LogP contribution >= 0.6 is 23.2 Å². The van der Waals surface area contributed by atoms with Gasteiger partial charge in [0, 0.05) is 43.4 Å². The molecule has 222 valence electrons. The average Bonchev–Trinajstić information content (AvgIpc) is 2.96. The number of sulfonamides is 1. The Kier molecular flexibility index (Phi) is 8.94. The van der Waals surface area contributed by atoms with Crippen molar-refractivity contribution in [2.45, 2.75) is 38.0 Å². The molecule has 1 aromatic heterocycles. The molecule has 42 heavy (non-hydrogen) atoms. The highest BCUT2D eigenvalue weighted by molar-refractivity contribution is 7.90. The van der Waals surface area contributed by atoms with Crippen LogP contribution in [0.2, 0.25) is 10.2 Å². The van der Waals surface area contributed by atoms with Gasteiger partial charge < -0.3 is 4.90 Å². The summed E-state index contributed by atoms with van der Waals surface area (Å²) in [7, 11) is -4.16. The van der Waals surface area contributed by atoms with Gasteiger partial charge >= 0.3 is 0 Å². The molecule has 1 N–H and O–H groups in total. The Morgan fingerprint density at radius 3 is 2.29 bits per heavy atom. The lowest BCUT2D eigenvalue weighted by Crippen LogP contribution is -2.47. The Bertz CT molecular complexity index is 1600. The molecule has 7 nitrogen and oxygen atoms in total. The molecule has 2 aliphatic rings. The molecular weight excluding hydrogens is 598 g/mol. The normalized spacial score (nSPS) is 17.8. The Morgan fingerprint density at radius 1 is 0.976 bits per heavy atom. The highest BCUT2D eigenvalue weighted by Crippen LogP contribution is 2.43. The number of carbonyl (C=O) groups excluding carboxylic acids is 1. The topological polar surface area (TPSA) is 82.6 Å². The molecule has 5 rings (SSSR count). The Labute approximate surface area is 256 Å². The predicted molar refractivity (Wildman–Crippen MR) is 165 cm³/mol. The zero-order chi connectivity index (χ0) is 30.1. The first-order valence-corrected chi connectivity index (χ1v) is 16.1. The van der Waals surface area contributed by atoms with Crippen LogP contribution in [0.25, 0.3) is 5.57 Å². The molecule has 0 saturated carbocycles. The van der Waals surface area contributed by atoms with Gasteiger partial charge in [0.1, 0.15) is 5.69 Å². The monoisotopic (exact) mass is 630 g/mol. The number of benzene rings is 2. The number of hydrogen-bond donors (Lipinski definition) is 1. The second-order valence-electron chi connectivity index (χ2n) is 11.6. The van der Waals surface area contributed by atoms with Crippen LogP contribution in [0.3, 0.4) is 0 Å². The van der Waals surface area contributed by atoms with E-state index in [0.29, 0.717) is 0 Å². The summed E-state index contributed by atoms with van der Waals surface area (Å²) < 4.78 is 40.9. The van der Waals surface area contributed by atoms with E-state index in [2.05, 4.69) is 40.8 Å². The number of nitrogens with zero attached hydrogens (tertiary/aromatic N) is 3. The van der Waals surface area contributed by atoms with Gasteiger partial charge in [0.25, 0.3) is 15.9 Å². The van der Waals surface area contributed by atoms with Crippen molar-refractivity contribution in [3.05, 3.63) is 93.5 Å². The van der Waals surface area contributed by atoms with Crippen molar-refractivity contribution in [3.63, 3.8) is 0 Å². The van der Waals surface area contributed by atoms with Crippen LogP contribution in [0.1, 0.15) is 49.2 Å². The summed E-state index contributed by atoms with van der Waals surface area (Å²) >= 11 is 11.8. The highest BCUT2D eigenvalue weighted by atomic mass is 35.5. The maximum absolute atomic E-state index is 13.3. The summed E-state index contributed by atoms with van der Waals surface area (Å²) in [5.74, 6) is -1.79. The number of pyridine rings is 1. The average molecular weight is 632 g/mol. The van der Waals surface area contributed by atoms with Crippen molar-refractivity contribution in [3.8, 4) is 0 Å². The first-order valence-electron chi connectivity index (χ1n) is 13.8. The molecule has 0 atom stereocenters. The van der Waals surface area contributed by atoms with E-state index < -0.39 is 26.9 Å². The van der Waals surface area contributed by atoms with Gasteiger partial charge in [-0.2, -0.15) is 0 Å². The Morgan fingerprint density at radius 2 is 1.64 bits per heavy atom. The van der Waals surface area contributed by atoms with Gasteiger partial charge in [0.2, 0.25) is 0 Å². The molecule has 1 fully saturated rings. The van der Waals surface area contributed by atoms with E-state index in [-0.39, 0.29) is 16.0 Å². The van der Waals surface area contributed by atoms with Crippen molar-refractivity contribution >= 4 is 50.4 Å². The van der Waals surface area contributed by atoms with E-state index in [4.69, 9.17) is 23.2 Å². The maximum atomic E-state index is 13.3. The summed E-state index contributed by atoms with van der Waals surface area (Å²) in [6.45, 7) is 9.02. The van der Waals surface area contributed by atoms with E-state index in [1.165, 1.54) is 35.3 Å². The SMILES string of the molecule is CC1(C)CCC(CN2CCN(c3ccc(S(=O)(=O)NC(=O)c4ccc(F)c(Cl)n4)cc3)CC2)=C(c2ccc(Cl)cc2)C1. The molecule has 0 unspecified atom stereocenters. The van der Waals surface area contributed by atoms with Gasteiger partial charge in [-0.3, -0.25) is 9.69 Å². The minimum atomic E-state index is -4.16. The van der Waals surface area contributed by atoms with Crippen LogP contribution in [-0.2, 0) is 10.0 Å². The standard InChI is InChI=1S/C31H33Cl2FN4O3S/c1-31(2)14-13-22(26(19-31)21-3-5-23(32)6-4-21)20-37-15-17-38(18-16-37)24-7-9-25(10-8-24)42(40,41)36-30(39)28-12-11-27(34)29(33)35-28/h3-12H,13-20H2,1-2H3,(H,36,39). The summed E-state index contributed by atoms with van der Waals surface area (Å²) in [6.07, 6.45) is 3.30. The summed E-state index contributed by atoms with van der Waals surface area (Å²) in [5.41, 5.74) is 5.07. The third-order valence-corrected chi connectivity index (χ3v) is 9.80. The molecule has 1 amide bonds. The van der Waals surface area contributed by atoms with E-state index in [9.17, 15) is 17.6 Å². The molecule has 0 bridgehead atoms. The second-order valence-corrected chi connectivity index (χ2v) is 14.1. The van der Waals surface area contributed by atoms with Gasteiger partial charge in [0.15, 0.2) is 11.0 Å². The van der Waals surface area contributed by atoms with Gasteiger partial charge in [-0.05, 0) is 84.3 Å². The number of nitrogens with one attached hydrogen (secondary N) is 1. The van der Waals surface area contributed by atoms with Crippen LogP contribution in [0, 0.1) is 11.2 Å². The summed E-state index contributed by atoms with van der Waals surface area (Å²) in [6, 6.07) is 16.6. The second kappa shape index (κ2) is 12.3. The van der Waals surface area contributed by atoms with Crippen LogP contribution in [0.4, 0.5) is 10.1 Å². The highest BCUT2D eigenvalue weighted by Gasteiger charge is 2.29. The largest absolute Gasteiger partial charge is 0.369 e. The lowest BCUT2D eigenvalue weighted by Gasteiger charge is -2.39.